The molecule has 3 aromatic rings. The Bertz CT molecular complexity index is 854. The zero-order chi connectivity index (χ0) is 15.8. The molecule has 1 fully saturated rings. The topological polar surface area (TPSA) is 46.3 Å². The van der Waals surface area contributed by atoms with Crippen LogP contribution in [-0.4, -0.2) is 22.3 Å². The first-order chi connectivity index (χ1) is 11.2. The highest BCUT2D eigenvalue weighted by molar-refractivity contribution is 5.98. The average molecular weight is 306 g/mol. The van der Waals surface area contributed by atoms with Gasteiger partial charge in [-0.05, 0) is 55.7 Å². The van der Waals surface area contributed by atoms with Gasteiger partial charge in [-0.15, -0.1) is 0 Å². The third-order valence-electron chi connectivity index (χ3n) is 4.47. The molecular weight excluding hydrogens is 288 g/mol. The third-order valence-corrected chi connectivity index (χ3v) is 4.47. The van der Waals surface area contributed by atoms with Gasteiger partial charge < -0.3 is 9.32 Å². The van der Waals surface area contributed by atoms with Crippen molar-refractivity contribution in [1.29, 1.82) is 0 Å². The summed E-state index contributed by atoms with van der Waals surface area (Å²) >= 11 is 0. The molecule has 116 valence electrons. The van der Waals surface area contributed by atoms with Crippen LogP contribution in [0.4, 0.5) is 0 Å². The summed E-state index contributed by atoms with van der Waals surface area (Å²) in [4.78, 5) is 19.1. The first-order valence-corrected chi connectivity index (χ1v) is 7.93. The van der Waals surface area contributed by atoms with Crippen molar-refractivity contribution in [1.82, 2.24) is 9.88 Å². The second-order valence-corrected chi connectivity index (χ2v) is 6.05. The van der Waals surface area contributed by atoms with Gasteiger partial charge in [0.2, 0.25) is 0 Å². The summed E-state index contributed by atoms with van der Waals surface area (Å²) < 4.78 is 5.59. The van der Waals surface area contributed by atoms with Crippen molar-refractivity contribution in [2.45, 2.75) is 25.8 Å². The van der Waals surface area contributed by atoms with E-state index in [2.05, 4.69) is 4.98 Å². The molecule has 3 heterocycles. The molecule has 0 aliphatic carbocycles. The molecule has 1 aliphatic rings. The maximum absolute atomic E-state index is 13.0. The van der Waals surface area contributed by atoms with Gasteiger partial charge in [-0.25, -0.2) is 0 Å². The number of likely N-dealkylation sites (tertiary alicyclic amines) is 1. The van der Waals surface area contributed by atoms with Gasteiger partial charge in [0.25, 0.3) is 5.91 Å². The van der Waals surface area contributed by atoms with Gasteiger partial charge in [0.15, 0.2) is 0 Å². The van der Waals surface area contributed by atoms with E-state index in [0.29, 0.717) is 5.56 Å². The van der Waals surface area contributed by atoms with Gasteiger partial charge in [-0.2, -0.15) is 0 Å². The Kier molecular flexibility index (Phi) is 3.37. The fourth-order valence-corrected chi connectivity index (χ4v) is 3.40. The minimum Gasteiger partial charge on any atom is -0.461 e. The lowest BCUT2D eigenvalue weighted by Crippen LogP contribution is -2.30. The number of amides is 1. The van der Waals surface area contributed by atoms with Gasteiger partial charge in [0.1, 0.15) is 11.3 Å². The van der Waals surface area contributed by atoms with Crippen molar-refractivity contribution in [3.05, 3.63) is 65.7 Å². The summed E-state index contributed by atoms with van der Waals surface area (Å²) in [5, 5.41) is 0.977. The van der Waals surface area contributed by atoms with Crippen LogP contribution in [0.1, 0.15) is 40.6 Å². The maximum Gasteiger partial charge on any atom is 0.254 e. The summed E-state index contributed by atoms with van der Waals surface area (Å²) in [6.45, 7) is 2.71. The van der Waals surface area contributed by atoms with Crippen LogP contribution in [0.5, 0.6) is 0 Å². The zero-order valence-electron chi connectivity index (χ0n) is 13.0. The summed E-state index contributed by atoms with van der Waals surface area (Å²) in [6.07, 6.45) is 5.64. The summed E-state index contributed by atoms with van der Waals surface area (Å²) in [5.41, 5.74) is 2.65. The van der Waals surface area contributed by atoms with Gasteiger partial charge in [-0.3, -0.25) is 9.78 Å². The SMILES string of the molecule is Cc1cc2cc(C(=O)N3CCC[C@H]3c3cccnc3)ccc2o1. The highest BCUT2D eigenvalue weighted by atomic mass is 16.3. The first-order valence-electron chi connectivity index (χ1n) is 7.93. The van der Waals surface area contributed by atoms with Gasteiger partial charge in [0.05, 0.1) is 6.04 Å². The van der Waals surface area contributed by atoms with Crippen molar-refractivity contribution in [3.8, 4) is 0 Å². The first kappa shape index (κ1) is 14.0. The Hall–Kier alpha value is -2.62. The van der Waals surface area contributed by atoms with E-state index in [4.69, 9.17) is 4.42 Å². The highest BCUT2D eigenvalue weighted by Gasteiger charge is 2.30. The zero-order valence-corrected chi connectivity index (χ0v) is 13.0. The molecule has 0 unspecified atom stereocenters. The molecule has 4 nitrogen and oxygen atoms in total. The summed E-state index contributed by atoms with van der Waals surface area (Å²) in [6, 6.07) is 11.7. The molecule has 0 spiro atoms. The van der Waals surface area contributed by atoms with Crippen molar-refractivity contribution in [2.24, 2.45) is 0 Å². The molecule has 0 N–H and O–H groups in total. The maximum atomic E-state index is 13.0. The molecule has 4 heteroatoms. The molecule has 0 saturated carbocycles. The van der Waals surface area contributed by atoms with E-state index in [1.165, 1.54) is 0 Å². The molecule has 2 aromatic heterocycles. The summed E-state index contributed by atoms with van der Waals surface area (Å²) in [7, 11) is 0. The number of pyridine rings is 1. The van der Waals surface area contributed by atoms with Crippen LogP contribution < -0.4 is 0 Å². The monoisotopic (exact) mass is 306 g/mol. The van der Waals surface area contributed by atoms with Crippen molar-refractivity contribution in [3.63, 3.8) is 0 Å². The lowest BCUT2D eigenvalue weighted by molar-refractivity contribution is 0.0735. The highest BCUT2D eigenvalue weighted by Crippen LogP contribution is 2.33. The molecule has 4 rings (SSSR count). The number of aryl methyl sites for hydroxylation is 1. The smallest absolute Gasteiger partial charge is 0.254 e. The lowest BCUT2D eigenvalue weighted by atomic mass is 10.1. The van der Waals surface area contributed by atoms with Crippen LogP contribution in [0.15, 0.2) is 53.2 Å². The Labute approximate surface area is 134 Å². The second kappa shape index (κ2) is 5.54. The van der Waals surface area contributed by atoms with Gasteiger partial charge >= 0.3 is 0 Å². The van der Waals surface area contributed by atoms with Crippen molar-refractivity contribution >= 4 is 16.9 Å². The molecule has 1 aliphatic heterocycles. The number of aromatic nitrogens is 1. The number of nitrogens with zero attached hydrogens (tertiary/aromatic N) is 2. The largest absolute Gasteiger partial charge is 0.461 e. The number of carbonyl (C=O) groups is 1. The number of hydrogen-bond donors (Lipinski definition) is 0. The Morgan fingerprint density at radius 2 is 2.22 bits per heavy atom. The molecule has 1 saturated heterocycles. The molecule has 0 radical (unpaired) electrons. The van der Waals surface area contributed by atoms with E-state index in [-0.39, 0.29) is 11.9 Å². The predicted octanol–water partition coefficient (Wildman–Crippen LogP) is 4.11. The molecule has 0 bridgehead atoms. The van der Waals surface area contributed by atoms with Crippen molar-refractivity contribution < 1.29 is 9.21 Å². The Morgan fingerprint density at radius 1 is 1.30 bits per heavy atom. The molecule has 23 heavy (non-hydrogen) atoms. The van der Waals surface area contributed by atoms with E-state index < -0.39 is 0 Å². The van der Waals surface area contributed by atoms with E-state index in [9.17, 15) is 4.79 Å². The standard InChI is InChI=1S/C19H18N2O2/c1-13-10-16-11-14(6-7-18(16)23-13)19(22)21-9-3-5-17(21)15-4-2-8-20-12-15/h2,4,6-8,10-12,17H,3,5,9H2,1H3/t17-/m0/s1. The fraction of sp³-hybridized carbons (Fsp3) is 0.263. The van der Waals surface area contributed by atoms with Gasteiger partial charge in [0, 0.05) is 29.9 Å². The number of rotatable bonds is 2. The van der Waals surface area contributed by atoms with Crippen LogP contribution in [0.2, 0.25) is 0 Å². The van der Waals surface area contributed by atoms with Gasteiger partial charge in [-0.1, -0.05) is 6.07 Å². The summed E-state index contributed by atoms with van der Waals surface area (Å²) in [5.74, 6) is 0.941. The third kappa shape index (κ3) is 2.50. The number of fused-ring (bicyclic) bond motifs is 1. The van der Waals surface area contributed by atoms with E-state index in [1.54, 1.807) is 6.20 Å². The number of furan rings is 1. The Morgan fingerprint density at radius 3 is 3.04 bits per heavy atom. The number of hydrogen-bond acceptors (Lipinski definition) is 3. The molecular formula is C19H18N2O2. The average Bonchev–Trinajstić information content (AvgIpc) is 3.19. The van der Waals surface area contributed by atoms with Crippen LogP contribution in [0, 0.1) is 6.92 Å². The molecule has 1 atom stereocenters. The minimum atomic E-state index is 0.0807. The predicted molar refractivity (Wildman–Crippen MR) is 88.2 cm³/mol. The van der Waals surface area contributed by atoms with Crippen LogP contribution in [0.3, 0.4) is 0 Å². The number of benzene rings is 1. The van der Waals surface area contributed by atoms with E-state index >= 15 is 0 Å². The van der Waals surface area contributed by atoms with Crippen LogP contribution >= 0.6 is 0 Å². The quantitative estimate of drug-likeness (QED) is 0.715. The normalized spacial score (nSPS) is 17.8. The van der Waals surface area contributed by atoms with Crippen molar-refractivity contribution in [2.75, 3.05) is 6.54 Å². The second-order valence-electron chi connectivity index (χ2n) is 6.05. The Balaban J connectivity index is 1.66. The number of carbonyl (C=O) groups excluding carboxylic acids is 1. The van der Waals surface area contributed by atoms with Crippen LogP contribution in [-0.2, 0) is 0 Å². The molecule has 1 amide bonds. The van der Waals surface area contributed by atoms with E-state index in [0.717, 1.165) is 41.7 Å². The fourth-order valence-electron chi connectivity index (χ4n) is 3.40. The van der Waals surface area contributed by atoms with E-state index in [1.807, 2.05) is 54.4 Å². The van der Waals surface area contributed by atoms with Crippen LogP contribution in [0.25, 0.3) is 11.0 Å². The molecule has 1 aromatic carbocycles. The lowest BCUT2D eigenvalue weighted by Gasteiger charge is -2.25. The minimum absolute atomic E-state index is 0.0807.